The molecule has 138 valence electrons. The van der Waals surface area contributed by atoms with Gasteiger partial charge in [-0.25, -0.2) is 4.39 Å². The average molecular weight is 348 g/mol. The largest absolute Gasteiger partial charge is 0.367 e. The summed E-state index contributed by atoms with van der Waals surface area (Å²) in [5.74, 6) is -0.409. The second kappa shape index (κ2) is 8.15. The topological polar surface area (TPSA) is 52.8 Å². The van der Waals surface area contributed by atoms with Crippen molar-refractivity contribution >= 4 is 11.6 Å². The van der Waals surface area contributed by atoms with Crippen LogP contribution < -0.4 is 10.6 Å². The third kappa shape index (κ3) is 3.96. The number of benzene rings is 1. The summed E-state index contributed by atoms with van der Waals surface area (Å²) in [6.45, 7) is 7.88. The van der Waals surface area contributed by atoms with Crippen LogP contribution in [0.1, 0.15) is 36.5 Å². The lowest BCUT2D eigenvalue weighted by molar-refractivity contribution is 0.0623. The number of carbonyl (C=O) groups excluding carboxylic acids is 1. The van der Waals surface area contributed by atoms with Crippen molar-refractivity contribution in [2.24, 2.45) is 5.73 Å². The molecule has 2 saturated heterocycles. The monoisotopic (exact) mass is 348 g/mol. The van der Waals surface area contributed by atoms with Crippen molar-refractivity contribution in [3.05, 3.63) is 29.6 Å². The van der Waals surface area contributed by atoms with Gasteiger partial charge in [0.05, 0.1) is 5.69 Å². The number of carbonyl (C=O) groups is 1. The standard InChI is InChI=1S/C19H29FN4O/c1-2-22-9-11-23(12-10-22)18-7-6-15(13-17(18)20)19(25)24-8-4-3-5-16(24)14-21/h6-7,13,16H,2-5,8-12,14,21H2,1H3. The smallest absolute Gasteiger partial charge is 0.254 e. The van der Waals surface area contributed by atoms with Gasteiger partial charge < -0.3 is 20.4 Å². The Morgan fingerprint density at radius 1 is 1.20 bits per heavy atom. The summed E-state index contributed by atoms with van der Waals surface area (Å²) >= 11 is 0. The summed E-state index contributed by atoms with van der Waals surface area (Å²) in [6, 6.07) is 4.98. The number of piperidine rings is 1. The third-order valence-corrected chi connectivity index (χ3v) is 5.51. The van der Waals surface area contributed by atoms with E-state index in [-0.39, 0.29) is 17.8 Å². The number of likely N-dealkylation sites (tertiary alicyclic amines) is 1. The molecule has 0 aromatic heterocycles. The Kier molecular flexibility index (Phi) is 5.91. The molecule has 5 nitrogen and oxygen atoms in total. The number of nitrogens with two attached hydrogens (primary N) is 1. The number of piperazine rings is 1. The zero-order chi connectivity index (χ0) is 17.8. The highest BCUT2D eigenvalue weighted by atomic mass is 19.1. The number of hydrogen-bond acceptors (Lipinski definition) is 4. The van der Waals surface area contributed by atoms with Crippen molar-refractivity contribution in [3.8, 4) is 0 Å². The lowest BCUT2D eigenvalue weighted by Gasteiger charge is -2.36. The van der Waals surface area contributed by atoms with Gasteiger partial charge in [0, 0.05) is 50.9 Å². The zero-order valence-electron chi connectivity index (χ0n) is 15.1. The predicted octanol–water partition coefficient (Wildman–Crippen LogP) is 1.92. The van der Waals surface area contributed by atoms with E-state index >= 15 is 0 Å². The van der Waals surface area contributed by atoms with E-state index in [1.54, 1.807) is 12.1 Å². The molecule has 1 amide bonds. The number of halogens is 1. The van der Waals surface area contributed by atoms with Gasteiger partial charge in [0.2, 0.25) is 0 Å². The van der Waals surface area contributed by atoms with Crippen LogP contribution >= 0.6 is 0 Å². The number of nitrogens with zero attached hydrogens (tertiary/aromatic N) is 3. The molecule has 0 saturated carbocycles. The van der Waals surface area contributed by atoms with Crippen LogP contribution in [0, 0.1) is 5.82 Å². The first-order chi connectivity index (χ1) is 12.1. The van der Waals surface area contributed by atoms with E-state index in [0.29, 0.717) is 24.3 Å². The highest BCUT2D eigenvalue weighted by molar-refractivity contribution is 5.95. The van der Waals surface area contributed by atoms with Gasteiger partial charge in [-0.3, -0.25) is 4.79 Å². The zero-order valence-corrected chi connectivity index (χ0v) is 15.1. The molecule has 0 radical (unpaired) electrons. The van der Waals surface area contributed by atoms with Crippen LogP contribution in [-0.4, -0.2) is 67.6 Å². The Bertz CT molecular complexity index is 601. The molecule has 1 unspecified atom stereocenters. The minimum Gasteiger partial charge on any atom is -0.367 e. The van der Waals surface area contributed by atoms with Crippen molar-refractivity contribution in [1.82, 2.24) is 9.80 Å². The van der Waals surface area contributed by atoms with E-state index in [1.807, 2.05) is 4.90 Å². The Hall–Kier alpha value is -1.66. The minimum absolute atomic E-state index is 0.0751. The highest BCUT2D eigenvalue weighted by Crippen LogP contribution is 2.24. The molecule has 1 aromatic rings. The van der Waals surface area contributed by atoms with Crippen molar-refractivity contribution in [1.29, 1.82) is 0 Å². The van der Waals surface area contributed by atoms with Crippen molar-refractivity contribution < 1.29 is 9.18 Å². The molecule has 3 rings (SSSR count). The summed E-state index contributed by atoms with van der Waals surface area (Å²) < 4.78 is 14.7. The van der Waals surface area contributed by atoms with Gasteiger partial charge in [0.1, 0.15) is 5.82 Å². The molecule has 1 atom stereocenters. The average Bonchev–Trinajstić information content (AvgIpc) is 2.67. The Balaban J connectivity index is 1.72. The molecule has 2 N–H and O–H groups in total. The fraction of sp³-hybridized carbons (Fsp3) is 0.632. The van der Waals surface area contributed by atoms with Crippen LogP contribution in [0.5, 0.6) is 0 Å². The van der Waals surface area contributed by atoms with Gasteiger partial charge in [-0.05, 0) is 44.0 Å². The lowest BCUT2D eigenvalue weighted by Crippen LogP contribution is -2.47. The SMILES string of the molecule is CCN1CCN(c2ccc(C(=O)N3CCCCC3CN)cc2F)CC1. The van der Waals surface area contributed by atoms with E-state index < -0.39 is 0 Å². The van der Waals surface area contributed by atoms with E-state index in [1.165, 1.54) is 6.07 Å². The Labute approximate surface area is 149 Å². The number of rotatable bonds is 4. The molecule has 6 heteroatoms. The fourth-order valence-corrected chi connectivity index (χ4v) is 3.88. The third-order valence-electron chi connectivity index (χ3n) is 5.51. The summed E-state index contributed by atoms with van der Waals surface area (Å²) in [5.41, 5.74) is 6.83. The first kappa shape index (κ1) is 18.1. The van der Waals surface area contributed by atoms with Gasteiger partial charge in [0.25, 0.3) is 5.91 Å². The molecule has 2 aliphatic rings. The van der Waals surface area contributed by atoms with E-state index in [4.69, 9.17) is 5.73 Å². The van der Waals surface area contributed by atoms with Crippen LogP contribution in [0.15, 0.2) is 18.2 Å². The molecule has 0 bridgehead atoms. The van der Waals surface area contributed by atoms with Crippen LogP contribution in [-0.2, 0) is 0 Å². The maximum atomic E-state index is 14.7. The molecule has 1 aromatic carbocycles. The Morgan fingerprint density at radius 2 is 1.96 bits per heavy atom. The molecule has 0 aliphatic carbocycles. The summed E-state index contributed by atoms with van der Waals surface area (Å²) in [4.78, 5) is 19.0. The van der Waals surface area contributed by atoms with Crippen molar-refractivity contribution in [2.45, 2.75) is 32.2 Å². The second-order valence-electron chi connectivity index (χ2n) is 6.97. The molecular weight excluding hydrogens is 319 g/mol. The fourth-order valence-electron chi connectivity index (χ4n) is 3.88. The maximum Gasteiger partial charge on any atom is 0.254 e. The maximum absolute atomic E-state index is 14.7. The highest BCUT2D eigenvalue weighted by Gasteiger charge is 2.27. The van der Waals surface area contributed by atoms with Crippen molar-refractivity contribution in [3.63, 3.8) is 0 Å². The van der Waals surface area contributed by atoms with Gasteiger partial charge in [-0.15, -0.1) is 0 Å². The molecule has 0 spiro atoms. The van der Waals surface area contributed by atoms with Gasteiger partial charge in [0.15, 0.2) is 0 Å². The first-order valence-corrected chi connectivity index (χ1v) is 9.42. The van der Waals surface area contributed by atoms with Crippen molar-refractivity contribution in [2.75, 3.05) is 50.7 Å². The van der Waals surface area contributed by atoms with E-state index in [9.17, 15) is 9.18 Å². The van der Waals surface area contributed by atoms with Gasteiger partial charge in [-0.2, -0.15) is 0 Å². The first-order valence-electron chi connectivity index (χ1n) is 9.42. The van der Waals surface area contributed by atoms with E-state index in [2.05, 4.69) is 16.7 Å². The van der Waals surface area contributed by atoms with E-state index in [0.717, 1.165) is 52.0 Å². The quantitative estimate of drug-likeness (QED) is 0.903. The van der Waals surface area contributed by atoms with Crippen LogP contribution in [0.4, 0.5) is 10.1 Å². The molecule has 2 fully saturated rings. The van der Waals surface area contributed by atoms with Gasteiger partial charge in [-0.1, -0.05) is 6.92 Å². The number of anilines is 1. The summed E-state index contributed by atoms with van der Waals surface area (Å²) in [6.07, 6.45) is 3.03. The molecule has 25 heavy (non-hydrogen) atoms. The molecular formula is C19H29FN4O. The number of likely N-dealkylation sites (N-methyl/N-ethyl adjacent to an activating group) is 1. The predicted molar refractivity (Wildman–Crippen MR) is 98.5 cm³/mol. The normalized spacial score (nSPS) is 22.3. The van der Waals surface area contributed by atoms with Crippen LogP contribution in [0.25, 0.3) is 0 Å². The number of amides is 1. The molecule has 2 heterocycles. The Morgan fingerprint density at radius 3 is 2.60 bits per heavy atom. The summed E-state index contributed by atoms with van der Waals surface area (Å²) in [5, 5.41) is 0. The molecule has 2 aliphatic heterocycles. The summed E-state index contributed by atoms with van der Waals surface area (Å²) in [7, 11) is 0. The minimum atomic E-state index is -0.308. The van der Waals surface area contributed by atoms with Gasteiger partial charge >= 0.3 is 0 Å². The lowest BCUT2D eigenvalue weighted by atomic mass is 10.0. The second-order valence-corrected chi connectivity index (χ2v) is 6.97. The van der Waals surface area contributed by atoms with Crippen LogP contribution in [0.3, 0.4) is 0 Å². The van der Waals surface area contributed by atoms with Crippen LogP contribution in [0.2, 0.25) is 0 Å². The number of hydrogen-bond donors (Lipinski definition) is 1.